The Morgan fingerprint density at radius 2 is 2.14 bits per heavy atom. The van der Waals surface area contributed by atoms with E-state index >= 15 is 0 Å². The highest BCUT2D eigenvalue weighted by molar-refractivity contribution is 5.85. The van der Waals surface area contributed by atoms with Crippen molar-refractivity contribution in [2.24, 2.45) is 5.73 Å². The molecule has 1 saturated heterocycles. The summed E-state index contributed by atoms with van der Waals surface area (Å²) in [5.74, 6) is 0.0457. The molecule has 0 spiro atoms. The number of nitrogens with two attached hydrogens (primary N) is 1. The van der Waals surface area contributed by atoms with E-state index in [1.165, 1.54) is 0 Å². The number of carbonyl (C=O) groups excluding carboxylic acids is 2. The maximum absolute atomic E-state index is 12.4. The van der Waals surface area contributed by atoms with Crippen molar-refractivity contribution < 1.29 is 19.1 Å². The van der Waals surface area contributed by atoms with Crippen LogP contribution in [0.1, 0.15) is 12.5 Å². The number of morpholine rings is 1. The van der Waals surface area contributed by atoms with E-state index in [9.17, 15) is 9.59 Å². The van der Waals surface area contributed by atoms with Gasteiger partial charge in [-0.2, -0.15) is 0 Å². The Balaban J connectivity index is 2.08. The van der Waals surface area contributed by atoms with Gasteiger partial charge in [0.05, 0.1) is 26.7 Å². The number of primary amides is 1. The molecule has 1 fully saturated rings. The van der Waals surface area contributed by atoms with Crippen molar-refractivity contribution in [2.75, 3.05) is 26.8 Å². The van der Waals surface area contributed by atoms with Crippen LogP contribution in [0.5, 0.6) is 5.75 Å². The van der Waals surface area contributed by atoms with Crippen LogP contribution < -0.4 is 10.5 Å². The lowest BCUT2D eigenvalue weighted by atomic mass is 10.0. The Bertz CT molecular complexity index is 546. The monoisotopic (exact) mass is 292 g/mol. The molecule has 1 aliphatic rings. The van der Waals surface area contributed by atoms with Crippen LogP contribution in [0.3, 0.4) is 0 Å². The molecule has 0 saturated carbocycles. The molecular formula is C15H20N2O4. The fourth-order valence-corrected chi connectivity index (χ4v) is 2.36. The number of benzene rings is 1. The number of amides is 2. The molecule has 1 aromatic rings. The molecule has 21 heavy (non-hydrogen) atoms. The number of rotatable bonds is 4. The molecule has 0 aliphatic carbocycles. The van der Waals surface area contributed by atoms with E-state index in [4.69, 9.17) is 15.2 Å². The predicted molar refractivity (Wildman–Crippen MR) is 76.8 cm³/mol. The smallest absolute Gasteiger partial charge is 0.251 e. The highest BCUT2D eigenvalue weighted by atomic mass is 16.5. The Labute approximate surface area is 123 Å². The van der Waals surface area contributed by atoms with Crippen LogP contribution in [0.25, 0.3) is 0 Å². The van der Waals surface area contributed by atoms with Gasteiger partial charge in [0.1, 0.15) is 5.75 Å². The zero-order valence-corrected chi connectivity index (χ0v) is 12.3. The molecule has 2 amide bonds. The molecular weight excluding hydrogens is 272 g/mol. The first kappa shape index (κ1) is 15.3. The molecule has 0 radical (unpaired) electrons. The quantitative estimate of drug-likeness (QED) is 0.867. The summed E-state index contributed by atoms with van der Waals surface area (Å²) >= 11 is 0. The molecule has 1 heterocycles. The topological polar surface area (TPSA) is 81.9 Å². The molecule has 114 valence electrons. The summed E-state index contributed by atoms with van der Waals surface area (Å²) in [7, 11) is 1.57. The highest BCUT2D eigenvalue weighted by Crippen LogP contribution is 2.21. The van der Waals surface area contributed by atoms with Crippen molar-refractivity contribution in [2.45, 2.75) is 18.9 Å². The average Bonchev–Trinajstić information content (AvgIpc) is 2.47. The Morgan fingerprint density at radius 3 is 2.81 bits per heavy atom. The Morgan fingerprint density at radius 1 is 1.43 bits per heavy atom. The molecule has 2 N–H and O–H groups in total. The van der Waals surface area contributed by atoms with Crippen molar-refractivity contribution in [3.8, 4) is 5.75 Å². The number of nitrogens with zero attached hydrogens (tertiary/aromatic N) is 1. The van der Waals surface area contributed by atoms with Gasteiger partial charge in [-0.05, 0) is 13.0 Å². The van der Waals surface area contributed by atoms with E-state index in [2.05, 4.69) is 0 Å². The van der Waals surface area contributed by atoms with E-state index in [1.54, 1.807) is 18.9 Å². The van der Waals surface area contributed by atoms with E-state index in [1.807, 2.05) is 24.3 Å². The van der Waals surface area contributed by atoms with Crippen LogP contribution in [-0.2, 0) is 20.7 Å². The fraction of sp³-hybridized carbons (Fsp3) is 0.467. The second-order valence-corrected chi connectivity index (χ2v) is 5.25. The summed E-state index contributed by atoms with van der Waals surface area (Å²) in [4.78, 5) is 25.5. The molecule has 1 unspecified atom stereocenters. The maximum atomic E-state index is 12.4. The van der Waals surface area contributed by atoms with Crippen molar-refractivity contribution in [1.82, 2.24) is 4.90 Å². The molecule has 6 heteroatoms. The van der Waals surface area contributed by atoms with Crippen LogP contribution in [-0.4, -0.2) is 49.1 Å². The average molecular weight is 292 g/mol. The van der Waals surface area contributed by atoms with Crippen molar-refractivity contribution >= 4 is 11.8 Å². The van der Waals surface area contributed by atoms with Crippen LogP contribution in [0.4, 0.5) is 0 Å². The van der Waals surface area contributed by atoms with E-state index in [0.29, 0.717) is 18.9 Å². The zero-order valence-electron chi connectivity index (χ0n) is 12.3. The molecule has 6 nitrogen and oxygen atoms in total. The standard InChI is InChI=1S/C15H20N2O4/c1-15(14(16)19)10-17(7-8-21-15)13(18)9-11-5-3-4-6-12(11)20-2/h3-6H,7-10H2,1-2H3,(H2,16,19). The summed E-state index contributed by atoms with van der Waals surface area (Å²) in [5, 5.41) is 0. The first-order chi connectivity index (χ1) is 9.96. The van der Waals surface area contributed by atoms with E-state index in [-0.39, 0.29) is 18.9 Å². The minimum atomic E-state index is -1.12. The predicted octanol–water partition coefficient (Wildman–Crippen LogP) is 0.341. The van der Waals surface area contributed by atoms with Gasteiger partial charge >= 0.3 is 0 Å². The second-order valence-electron chi connectivity index (χ2n) is 5.25. The fourth-order valence-electron chi connectivity index (χ4n) is 2.36. The van der Waals surface area contributed by atoms with Gasteiger partial charge in [-0.15, -0.1) is 0 Å². The molecule has 0 bridgehead atoms. The largest absolute Gasteiger partial charge is 0.496 e. The lowest BCUT2D eigenvalue weighted by Gasteiger charge is -2.38. The summed E-state index contributed by atoms with van der Waals surface area (Å²) in [5.41, 5.74) is 5.04. The first-order valence-corrected chi connectivity index (χ1v) is 6.80. The Kier molecular flexibility index (Phi) is 4.47. The third-order valence-corrected chi connectivity index (χ3v) is 3.68. The SMILES string of the molecule is COc1ccccc1CC(=O)N1CCOC(C)(C(N)=O)C1. The summed E-state index contributed by atoms with van der Waals surface area (Å²) in [6.45, 7) is 2.54. The summed E-state index contributed by atoms with van der Waals surface area (Å²) in [6, 6.07) is 7.38. The van der Waals surface area contributed by atoms with Crippen LogP contribution in [0.15, 0.2) is 24.3 Å². The molecule has 0 aromatic heterocycles. The minimum Gasteiger partial charge on any atom is -0.496 e. The van der Waals surface area contributed by atoms with Gasteiger partial charge in [0, 0.05) is 12.1 Å². The molecule has 1 aromatic carbocycles. The third kappa shape index (κ3) is 3.33. The first-order valence-electron chi connectivity index (χ1n) is 6.80. The summed E-state index contributed by atoms with van der Waals surface area (Å²) in [6.07, 6.45) is 0.221. The number of hydrogen-bond acceptors (Lipinski definition) is 4. The molecule has 1 aliphatic heterocycles. The van der Waals surface area contributed by atoms with Gasteiger partial charge in [0.15, 0.2) is 5.60 Å². The van der Waals surface area contributed by atoms with Crippen LogP contribution in [0, 0.1) is 0 Å². The minimum absolute atomic E-state index is 0.0738. The van der Waals surface area contributed by atoms with Gasteiger partial charge < -0.3 is 20.1 Å². The van der Waals surface area contributed by atoms with Crippen LogP contribution in [0.2, 0.25) is 0 Å². The molecule has 1 atom stereocenters. The zero-order chi connectivity index (χ0) is 15.5. The third-order valence-electron chi connectivity index (χ3n) is 3.68. The number of para-hydroxylation sites is 1. The number of methoxy groups -OCH3 is 1. The normalized spacial score (nSPS) is 21.9. The lowest BCUT2D eigenvalue weighted by Crippen LogP contribution is -2.58. The van der Waals surface area contributed by atoms with Gasteiger partial charge in [0.25, 0.3) is 5.91 Å². The van der Waals surface area contributed by atoms with Gasteiger partial charge in [-0.25, -0.2) is 0 Å². The van der Waals surface area contributed by atoms with Crippen molar-refractivity contribution in [3.05, 3.63) is 29.8 Å². The van der Waals surface area contributed by atoms with Gasteiger partial charge in [0.2, 0.25) is 5.91 Å². The number of carbonyl (C=O) groups is 2. The summed E-state index contributed by atoms with van der Waals surface area (Å²) < 4.78 is 10.7. The number of hydrogen-bond donors (Lipinski definition) is 1. The van der Waals surface area contributed by atoms with E-state index in [0.717, 1.165) is 5.56 Å². The van der Waals surface area contributed by atoms with Crippen LogP contribution >= 0.6 is 0 Å². The highest BCUT2D eigenvalue weighted by Gasteiger charge is 2.39. The van der Waals surface area contributed by atoms with Crippen molar-refractivity contribution in [3.63, 3.8) is 0 Å². The Hall–Kier alpha value is -2.08. The molecule has 2 rings (SSSR count). The van der Waals surface area contributed by atoms with Gasteiger partial charge in [-0.1, -0.05) is 18.2 Å². The maximum Gasteiger partial charge on any atom is 0.251 e. The second kappa shape index (κ2) is 6.13. The lowest BCUT2D eigenvalue weighted by molar-refractivity contribution is -0.160. The number of ether oxygens (including phenoxy) is 2. The van der Waals surface area contributed by atoms with Crippen molar-refractivity contribution in [1.29, 1.82) is 0 Å². The van der Waals surface area contributed by atoms with E-state index < -0.39 is 11.5 Å². The van der Waals surface area contributed by atoms with Gasteiger partial charge in [-0.3, -0.25) is 9.59 Å².